The molecule has 3 rings (SSSR count). The van der Waals surface area contributed by atoms with Gasteiger partial charge in [-0.3, -0.25) is 4.99 Å². The second kappa shape index (κ2) is 10.9. The largest absolute Gasteiger partial charge is 0.381 e. The number of hydrogen-bond acceptors (Lipinski definition) is 3. The Balaban J connectivity index is 0.00000225. The first kappa shape index (κ1) is 21.2. The molecule has 0 amide bonds. The molecule has 0 aromatic heterocycles. The molecular formula is C19H36IN3O2. The number of ether oxygens (including phenoxy) is 2. The van der Waals surface area contributed by atoms with Crippen molar-refractivity contribution in [1.82, 2.24) is 10.2 Å². The lowest BCUT2D eigenvalue weighted by Crippen LogP contribution is -2.42. The molecule has 2 saturated heterocycles. The molecule has 1 spiro atoms. The van der Waals surface area contributed by atoms with Crippen LogP contribution < -0.4 is 5.32 Å². The Morgan fingerprint density at radius 3 is 2.68 bits per heavy atom. The predicted molar refractivity (Wildman–Crippen MR) is 113 cm³/mol. The fourth-order valence-corrected chi connectivity index (χ4v) is 4.52. The number of nitrogens with one attached hydrogen (secondary N) is 1. The van der Waals surface area contributed by atoms with Crippen LogP contribution in [0.4, 0.5) is 0 Å². The molecule has 0 aromatic carbocycles. The molecule has 25 heavy (non-hydrogen) atoms. The average Bonchev–Trinajstić information content (AvgIpc) is 3.03. The molecule has 6 heteroatoms. The summed E-state index contributed by atoms with van der Waals surface area (Å²) in [5.74, 6) is 1.09. The summed E-state index contributed by atoms with van der Waals surface area (Å²) in [7, 11) is 1.91. The van der Waals surface area contributed by atoms with Crippen molar-refractivity contribution in [2.75, 3.05) is 46.5 Å². The Kier molecular flexibility index (Phi) is 9.27. The Bertz CT molecular complexity index is 407. The lowest BCUT2D eigenvalue weighted by atomic mass is 9.73. The summed E-state index contributed by atoms with van der Waals surface area (Å²) in [6, 6.07) is 0. The van der Waals surface area contributed by atoms with Crippen molar-refractivity contribution in [2.45, 2.75) is 63.9 Å². The van der Waals surface area contributed by atoms with Crippen LogP contribution in [0.2, 0.25) is 0 Å². The van der Waals surface area contributed by atoms with Gasteiger partial charge in [0.05, 0.1) is 6.10 Å². The molecule has 146 valence electrons. The van der Waals surface area contributed by atoms with Crippen LogP contribution in [-0.2, 0) is 9.47 Å². The Hall–Kier alpha value is -0.0800. The molecule has 3 aliphatic rings. The van der Waals surface area contributed by atoms with E-state index < -0.39 is 0 Å². The standard InChI is InChI=1S/C19H35N3O2.HI/c1-20-18(21-11-5-13-24-17-6-14-23-15-7-17)22-12-10-19(16-22)8-3-2-4-9-19;/h17H,2-16H2,1H3,(H,20,21);1H. The fourth-order valence-electron chi connectivity index (χ4n) is 4.52. The number of nitrogens with zero attached hydrogens (tertiary/aromatic N) is 2. The zero-order valence-corrected chi connectivity index (χ0v) is 18.1. The van der Waals surface area contributed by atoms with E-state index >= 15 is 0 Å². The van der Waals surface area contributed by atoms with Crippen LogP contribution in [0.15, 0.2) is 4.99 Å². The molecule has 2 heterocycles. The highest BCUT2D eigenvalue weighted by molar-refractivity contribution is 14.0. The molecule has 0 atom stereocenters. The summed E-state index contributed by atoms with van der Waals surface area (Å²) >= 11 is 0. The van der Waals surface area contributed by atoms with Crippen LogP contribution in [0.1, 0.15) is 57.8 Å². The molecule has 0 unspecified atom stereocenters. The maximum atomic E-state index is 5.94. The third kappa shape index (κ3) is 6.24. The minimum atomic E-state index is 0. The van der Waals surface area contributed by atoms with Gasteiger partial charge in [-0.15, -0.1) is 24.0 Å². The summed E-state index contributed by atoms with van der Waals surface area (Å²) in [5, 5.41) is 3.54. The monoisotopic (exact) mass is 465 g/mol. The van der Waals surface area contributed by atoms with Crippen LogP contribution in [0.5, 0.6) is 0 Å². The summed E-state index contributed by atoms with van der Waals surface area (Å²) in [6.07, 6.45) is 12.0. The van der Waals surface area contributed by atoms with Gasteiger partial charge in [0.15, 0.2) is 5.96 Å². The zero-order chi connectivity index (χ0) is 16.7. The van der Waals surface area contributed by atoms with E-state index in [-0.39, 0.29) is 24.0 Å². The lowest BCUT2D eigenvalue weighted by Gasteiger charge is -2.33. The van der Waals surface area contributed by atoms with Gasteiger partial charge in [0, 0.05) is 46.5 Å². The van der Waals surface area contributed by atoms with Crippen LogP contribution >= 0.6 is 24.0 Å². The van der Waals surface area contributed by atoms with E-state index in [9.17, 15) is 0 Å². The Morgan fingerprint density at radius 1 is 1.20 bits per heavy atom. The van der Waals surface area contributed by atoms with Gasteiger partial charge in [0.25, 0.3) is 0 Å². The molecule has 5 nitrogen and oxygen atoms in total. The average molecular weight is 465 g/mol. The molecule has 0 bridgehead atoms. The van der Waals surface area contributed by atoms with Gasteiger partial charge >= 0.3 is 0 Å². The van der Waals surface area contributed by atoms with Gasteiger partial charge in [0.1, 0.15) is 0 Å². The second-order valence-electron chi connectivity index (χ2n) is 7.74. The number of likely N-dealkylation sites (tertiary alicyclic amines) is 1. The first-order valence-electron chi connectivity index (χ1n) is 9.96. The lowest BCUT2D eigenvalue weighted by molar-refractivity contribution is -0.0320. The topological polar surface area (TPSA) is 46.1 Å². The van der Waals surface area contributed by atoms with E-state index in [1.807, 2.05) is 7.05 Å². The molecule has 0 radical (unpaired) electrons. The van der Waals surface area contributed by atoms with E-state index in [2.05, 4.69) is 15.2 Å². The van der Waals surface area contributed by atoms with E-state index in [0.717, 1.165) is 58.1 Å². The van der Waals surface area contributed by atoms with Crippen LogP contribution in [0.3, 0.4) is 0 Å². The number of hydrogen-bond donors (Lipinski definition) is 1. The van der Waals surface area contributed by atoms with Gasteiger partial charge in [-0.05, 0) is 43.9 Å². The normalized spacial score (nSPS) is 24.4. The molecule has 0 aromatic rings. The number of halogens is 1. The van der Waals surface area contributed by atoms with Crippen LogP contribution in [0.25, 0.3) is 0 Å². The molecule has 2 aliphatic heterocycles. The summed E-state index contributed by atoms with van der Waals surface area (Å²) in [4.78, 5) is 6.99. The third-order valence-corrected chi connectivity index (χ3v) is 5.99. The van der Waals surface area contributed by atoms with Crippen molar-refractivity contribution in [3.63, 3.8) is 0 Å². The van der Waals surface area contributed by atoms with E-state index in [4.69, 9.17) is 9.47 Å². The summed E-state index contributed by atoms with van der Waals surface area (Å²) < 4.78 is 11.3. The minimum absolute atomic E-state index is 0. The number of guanidine groups is 1. The summed E-state index contributed by atoms with van der Waals surface area (Å²) in [6.45, 7) is 5.85. The van der Waals surface area contributed by atoms with Gasteiger partial charge in [-0.1, -0.05) is 19.3 Å². The van der Waals surface area contributed by atoms with Crippen LogP contribution in [0, 0.1) is 5.41 Å². The Labute approximate surface area is 170 Å². The molecule has 3 fully saturated rings. The molecule has 1 saturated carbocycles. The smallest absolute Gasteiger partial charge is 0.193 e. The van der Waals surface area contributed by atoms with Crippen LogP contribution in [-0.4, -0.2) is 63.5 Å². The number of rotatable bonds is 5. The number of aliphatic imine (C=N–C) groups is 1. The quantitative estimate of drug-likeness (QED) is 0.293. The van der Waals surface area contributed by atoms with E-state index in [0.29, 0.717) is 11.5 Å². The molecular weight excluding hydrogens is 429 g/mol. The maximum Gasteiger partial charge on any atom is 0.193 e. The first-order valence-corrected chi connectivity index (χ1v) is 9.96. The highest BCUT2D eigenvalue weighted by Gasteiger charge is 2.39. The highest BCUT2D eigenvalue weighted by atomic mass is 127. The molecule has 1 aliphatic carbocycles. The van der Waals surface area contributed by atoms with Crippen molar-refractivity contribution < 1.29 is 9.47 Å². The molecule has 1 N–H and O–H groups in total. The van der Waals surface area contributed by atoms with Crippen molar-refractivity contribution in [1.29, 1.82) is 0 Å². The van der Waals surface area contributed by atoms with Gasteiger partial charge in [-0.2, -0.15) is 0 Å². The fraction of sp³-hybridized carbons (Fsp3) is 0.947. The predicted octanol–water partition coefficient (Wildman–Crippen LogP) is 3.42. The minimum Gasteiger partial charge on any atom is -0.381 e. The van der Waals surface area contributed by atoms with E-state index in [1.54, 1.807) is 0 Å². The van der Waals surface area contributed by atoms with Gasteiger partial charge in [-0.25, -0.2) is 0 Å². The van der Waals surface area contributed by atoms with Crippen molar-refractivity contribution in [3.8, 4) is 0 Å². The van der Waals surface area contributed by atoms with Gasteiger partial charge in [0.2, 0.25) is 0 Å². The maximum absolute atomic E-state index is 5.94. The van der Waals surface area contributed by atoms with Crippen molar-refractivity contribution in [2.24, 2.45) is 10.4 Å². The SMILES string of the molecule is CN=C(NCCCOC1CCOCC1)N1CCC2(CCCCC2)C1.I. The summed E-state index contributed by atoms with van der Waals surface area (Å²) in [5.41, 5.74) is 0.585. The zero-order valence-electron chi connectivity index (χ0n) is 15.8. The second-order valence-corrected chi connectivity index (χ2v) is 7.74. The van der Waals surface area contributed by atoms with Crippen molar-refractivity contribution in [3.05, 3.63) is 0 Å². The first-order chi connectivity index (χ1) is 11.8. The van der Waals surface area contributed by atoms with E-state index in [1.165, 1.54) is 45.1 Å². The Morgan fingerprint density at radius 2 is 1.96 bits per heavy atom. The highest BCUT2D eigenvalue weighted by Crippen LogP contribution is 2.43. The van der Waals surface area contributed by atoms with Crippen molar-refractivity contribution >= 4 is 29.9 Å². The third-order valence-electron chi connectivity index (χ3n) is 5.99. The van der Waals surface area contributed by atoms with Gasteiger partial charge < -0.3 is 19.7 Å².